The average Bonchev–Trinajstić information content (AvgIpc) is 3.55. The Labute approximate surface area is 208 Å². The van der Waals surface area contributed by atoms with E-state index < -0.39 is 0 Å². The van der Waals surface area contributed by atoms with Crippen LogP contribution in [-0.2, 0) is 18.3 Å². The Morgan fingerprint density at radius 2 is 1.56 bits per heavy atom. The number of aryl methyl sites for hydroxylation is 2. The predicted octanol–water partition coefficient (Wildman–Crippen LogP) is 5.54. The van der Waals surface area contributed by atoms with Gasteiger partial charge < -0.3 is 14.3 Å². The highest BCUT2D eigenvalue weighted by molar-refractivity contribution is 6.07. The first kappa shape index (κ1) is 23.0. The number of benzene rings is 3. The Bertz CT molecular complexity index is 1430. The summed E-state index contributed by atoms with van der Waals surface area (Å²) >= 11 is 0. The summed E-state index contributed by atoms with van der Waals surface area (Å²) in [5, 5.41) is 2.87. The molecule has 3 aromatic carbocycles. The maximum atomic E-state index is 12.6. The molecule has 1 N–H and O–H groups in total. The molecule has 0 radical (unpaired) electrons. The molecule has 2 heterocycles. The SMILES string of the molecule is Cn1ccnc1C(=O)c1ccc(NC(=O)CCc2nc(-c3ccccc3)c(-c3ccccc3)o2)cc1. The molecule has 0 spiro atoms. The molecule has 0 saturated carbocycles. The molecule has 0 aliphatic rings. The van der Waals surface area contributed by atoms with Gasteiger partial charge in [-0.25, -0.2) is 9.97 Å². The molecule has 0 fully saturated rings. The lowest BCUT2D eigenvalue weighted by Crippen LogP contribution is -2.13. The van der Waals surface area contributed by atoms with Gasteiger partial charge in [-0.1, -0.05) is 60.7 Å². The smallest absolute Gasteiger partial charge is 0.228 e. The van der Waals surface area contributed by atoms with E-state index in [2.05, 4.69) is 10.3 Å². The Morgan fingerprint density at radius 1 is 0.889 bits per heavy atom. The van der Waals surface area contributed by atoms with Crippen molar-refractivity contribution >= 4 is 17.4 Å². The van der Waals surface area contributed by atoms with Gasteiger partial charge in [-0.05, 0) is 24.3 Å². The molecule has 178 valence electrons. The number of oxazole rings is 1. The third-order valence-electron chi connectivity index (χ3n) is 5.78. The molecule has 36 heavy (non-hydrogen) atoms. The van der Waals surface area contributed by atoms with Crippen molar-refractivity contribution in [2.45, 2.75) is 12.8 Å². The van der Waals surface area contributed by atoms with E-state index in [0.717, 1.165) is 16.8 Å². The van der Waals surface area contributed by atoms with Gasteiger partial charge in [0.2, 0.25) is 11.7 Å². The highest BCUT2D eigenvalue weighted by atomic mass is 16.4. The molecule has 2 aromatic heterocycles. The van der Waals surface area contributed by atoms with Gasteiger partial charge in [0.05, 0.1) is 0 Å². The van der Waals surface area contributed by atoms with Crippen molar-refractivity contribution in [2.24, 2.45) is 7.05 Å². The molecule has 0 aliphatic heterocycles. The topological polar surface area (TPSA) is 90.0 Å². The maximum Gasteiger partial charge on any atom is 0.228 e. The molecular formula is C29H24N4O3. The second-order valence-corrected chi connectivity index (χ2v) is 8.33. The third kappa shape index (κ3) is 5.00. The summed E-state index contributed by atoms with van der Waals surface area (Å²) in [6, 6.07) is 26.4. The molecule has 0 aliphatic carbocycles. The fraction of sp³-hybridized carbons (Fsp3) is 0.103. The number of hydrogen-bond acceptors (Lipinski definition) is 5. The molecule has 7 nitrogen and oxygen atoms in total. The summed E-state index contributed by atoms with van der Waals surface area (Å²) in [7, 11) is 1.77. The van der Waals surface area contributed by atoms with Gasteiger partial charge in [-0.2, -0.15) is 0 Å². The zero-order chi connectivity index (χ0) is 24.9. The minimum Gasteiger partial charge on any atom is -0.440 e. The highest BCUT2D eigenvalue weighted by Gasteiger charge is 2.18. The van der Waals surface area contributed by atoms with Gasteiger partial charge in [0.15, 0.2) is 17.5 Å². The van der Waals surface area contributed by atoms with E-state index in [1.54, 1.807) is 48.3 Å². The number of hydrogen-bond donors (Lipinski definition) is 1. The summed E-state index contributed by atoms with van der Waals surface area (Å²) < 4.78 is 7.78. The number of nitrogens with zero attached hydrogens (tertiary/aromatic N) is 3. The fourth-order valence-corrected chi connectivity index (χ4v) is 3.91. The van der Waals surface area contributed by atoms with Gasteiger partial charge in [0.25, 0.3) is 0 Å². The van der Waals surface area contributed by atoms with Crippen molar-refractivity contribution in [3.8, 4) is 22.6 Å². The minimum absolute atomic E-state index is 0.168. The third-order valence-corrected chi connectivity index (χ3v) is 5.78. The van der Waals surface area contributed by atoms with Crippen LogP contribution in [-0.4, -0.2) is 26.2 Å². The zero-order valence-corrected chi connectivity index (χ0v) is 19.7. The Morgan fingerprint density at radius 3 is 2.19 bits per heavy atom. The molecule has 1 amide bonds. The van der Waals surface area contributed by atoms with E-state index in [9.17, 15) is 9.59 Å². The van der Waals surface area contributed by atoms with E-state index in [0.29, 0.717) is 35.1 Å². The van der Waals surface area contributed by atoms with Crippen molar-refractivity contribution in [2.75, 3.05) is 5.32 Å². The lowest BCUT2D eigenvalue weighted by Gasteiger charge is -2.06. The van der Waals surface area contributed by atoms with Crippen LogP contribution in [0.3, 0.4) is 0 Å². The van der Waals surface area contributed by atoms with Crippen molar-refractivity contribution in [3.05, 3.63) is 115 Å². The zero-order valence-electron chi connectivity index (χ0n) is 19.7. The van der Waals surface area contributed by atoms with Crippen LogP contribution in [0.15, 0.2) is 102 Å². The van der Waals surface area contributed by atoms with E-state index >= 15 is 0 Å². The van der Waals surface area contributed by atoms with Crippen molar-refractivity contribution in [1.29, 1.82) is 0 Å². The first-order valence-electron chi connectivity index (χ1n) is 11.6. The summed E-state index contributed by atoms with van der Waals surface area (Å²) in [4.78, 5) is 34.0. The van der Waals surface area contributed by atoms with Crippen LogP contribution in [0.2, 0.25) is 0 Å². The van der Waals surface area contributed by atoms with E-state index in [1.807, 2.05) is 60.7 Å². The van der Waals surface area contributed by atoms with E-state index in [4.69, 9.17) is 9.40 Å². The molecule has 5 aromatic rings. The number of aromatic nitrogens is 3. The molecule has 0 unspecified atom stereocenters. The number of amides is 1. The first-order valence-corrected chi connectivity index (χ1v) is 11.6. The summed E-state index contributed by atoms with van der Waals surface area (Å²) in [5.41, 5.74) is 3.75. The molecule has 7 heteroatoms. The Balaban J connectivity index is 1.26. The van der Waals surface area contributed by atoms with Crippen LogP contribution in [0.4, 0.5) is 5.69 Å². The van der Waals surface area contributed by atoms with Gasteiger partial charge in [-0.15, -0.1) is 0 Å². The molecule has 5 rings (SSSR count). The van der Waals surface area contributed by atoms with Crippen molar-refractivity contribution in [1.82, 2.24) is 14.5 Å². The molecule has 0 atom stereocenters. The Kier molecular flexibility index (Phi) is 6.53. The average molecular weight is 477 g/mol. The second kappa shape index (κ2) is 10.2. The van der Waals surface area contributed by atoms with Gasteiger partial charge in [0, 0.05) is 54.7 Å². The number of imidazole rings is 1. The normalized spacial score (nSPS) is 10.8. The lowest BCUT2D eigenvalue weighted by molar-refractivity contribution is -0.116. The van der Waals surface area contributed by atoms with Crippen LogP contribution < -0.4 is 5.32 Å². The maximum absolute atomic E-state index is 12.6. The summed E-state index contributed by atoms with van der Waals surface area (Å²) in [6.45, 7) is 0. The molecular weight excluding hydrogens is 452 g/mol. The molecule has 0 saturated heterocycles. The fourth-order valence-electron chi connectivity index (χ4n) is 3.91. The predicted molar refractivity (Wildman–Crippen MR) is 137 cm³/mol. The van der Waals surface area contributed by atoms with Gasteiger partial charge >= 0.3 is 0 Å². The first-order chi connectivity index (χ1) is 17.6. The van der Waals surface area contributed by atoms with Gasteiger partial charge in [0.1, 0.15) is 5.69 Å². The monoisotopic (exact) mass is 476 g/mol. The van der Waals surface area contributed by atoms with Crippen LogP contribution in [0.1, 0.15) is 28.5 Å². The number of carbonyl (C=O) groups is 2. The van der Waals surface area contributed by atoms with Crippen LogP contribution in [0.25, 0.3) is 22.6 Å². The largest absolute Gasteiger partial charge is 0.440 e. The van der Waals surface area contributed by atoms with Crippen molar-refractivity contribution in [3.63, 3.8) is 0 Å². The van der Waals surface area contributed by atoms with Gasteiger partial charge in [-0.3, -0.25) is 9.59 Å². The number of ketones is 1. The van der Waals surface area contributed by atoms with Crippen molar-refractivity contribution < 1.29 is 14.0 Å². The number of anilines is 1. The summed E-state index contributed by atoms with van der Waals surface area (Å²) in [6.07, 6.45) is 3.87. The van der Waals surface area contributed by atoms with Crippen LogP contribution >= 0.6 is 0 Å². The lowest BCUT2D eigenvalue weighted by atomic mass is 10.1. The standard InChI is InChI=1S/C29H24N4O3/c1-33-19-18-30-29(33)27(35)21-12-14-23(15-13-21)31-24(34)16-17-25-32-26(20-8-4-2-5-9-20)28(36-25)22-10-6-3-7-11-22/h2-15,18-19H,16-17H2,1H3,(H,31,34). The molecule has 0 bridgehead atoms. The minimum atomic E-state index is -0.173. The van der Waals surface area contributed by atoms with Crippen LogP contribution in [0.5, 0.6) is 0 Å². The number of nitrogens with one attached hydrogen (secondary N) is 1. The number of carbonyl (C=O) groups excluding carboxylic acids is 2. The summed E-state index contributed by atoms with van der Waals surface area (Å²) in [5.74, 6) is 1.21. The highest BCUT2D eigenvalue weighted by Crippen LogP contribution is 2.32. The quantitative estimate of drug-likeness (QED) is 0.297. The van der Waals surface area contributed by atoms with Crippen LogP contribution in [0, 0.1) is 0 Å². The second-order valence-electron chi connectivity index (χ2n) is 8.33. The van der Waals surface area contributed by atoms with E-state index in [-0.39, 0.29) is 18.1 Å². The Hall–Kier alpha value is -4.78. The number of rotatable bonds is 8. The van der Waals surface area contributed by atoms with E-state index in [1.165, 1.54) is 0 Å².